The van der Waals surface area contributed by atoms with Crippen molar-refractivity contribution in [2.24, 2.45) is 0 Å². The molecule has 0 aliphatic rings. The number of hydrogen-bond acceptors (Lipinski definition) is 3. The first-order chi connectivity index (χ1) is 8.08. The lowest BCUT2D eigenvalue weighted by atomic mass is 10.2. The molecule has 2 aromatic rings. The SMILES string of the molecule is CN(CC(F)F)c1nc(Cl)nc2ccccc12. The molecule has 2 rings (SSSR count). The Labute approximate surface area is 102 Å². The Balaban J connectivity index is 2.51. The number of anilines is 1. The minimum Gasteiger partial charge on any atom is -0.353 e. The minimum absolute atomic E-state index is 0.0554. The van der Waals surface area contributed by atoms with E-state index in [-0.39, 0.29) is 5.28 Å². The van der Waals surface area contributed by atoms with Crippen molar-refractivity contribution >= 4 is 28.3 Å². The van der Waals surface area contributed by atoms with Crippen molar-refractivity contribution in [3.8, 4) is 0 Å². The quantitative estimate of drug-likeness (QED) is 0.792. The van der Waals surface area contributed by atoms with Crippen LogP contribution >= 0.6 is 11.6 Å². The third kappa shape index (κ3) is 2.61. The number of halogens is 3. The van der Waals surface area contributed by atoms with E-state index in [1.165, 1.54) is 4.90 Å². The van der Waals surface area contributed by atoms with Crippen LogP contribution in [0, 0.1) is 0 Å². The summed E-state index contributed by atoms with van der Waals surface area (Å²) in [7, 11) is 1.55. The molecule has 0 radical (unpaired) electrons. The smallest absolute Gasteiger partial charge is 0.255 e. The van der Waals surface area contributed by atoms with Crippen LogP contribution in [-0.2, 0) is 0 Å². The van der Waals surface area contributed by atoms with E-state index in [1.807, 2.05) is 6.07 Å². The first-order valence-corrected chi connectivity index (χ1v) is 5.37. The summed E-state index contributed by atoms with van der Waals surface area (Å²) in [6, 6.07) is 7.16. The van der Waals surface area contributed by atoms with Crippen molar-refractivity contribution in [2.75, 3.05) is 18.5 Å². The molecule has 0 amide bonds. The van der Waals surface area contributed by atoms with E-state index in [1.54, 1.807) is 25.2 Å². The molecule has 90 valence electrons. The molecule has 0 atom stereocenters. The summed E-state index contributed by atoms with van der Waals surface area (Å²) in [6.07, 6.45) is -2.42. The third-order valence-corrected chi connectivity index (χ3v) is 2.50. The lowest BCUT2D eigenvalue weighted by Crippen LogP contribution is -2.25. The summed E-state index contributed by atoms with van der Waals surface area (Å²) >= 11 is 5.77. The topological polar surface area (TPSA) is 29.0 Å². The lowest BCUT2D eigenvalue weighted by Gasteiger charge is -2.19. The van der Waals surface area contributed by atoms with Crippen LogP contribution in [0.1, 0.15) is 0 Å². The van der Waals surface area contributed by atoms with Crippen LogP contribution in [0.25, 0.3) is 10.9 Å². The highest BCUT2D eigenvalue weighted by Gasteiger charge is 2.14. The number of benzene rings is 1. The Morgan fingerprint density at radius 2 is 2.00 bits per heavy atom. The van der Waals surface area contributed by atoms with Crippen molar-refractivity contribution in [1.82, 2.24) is 9.97 Å². The number of alkyl halides is 2. The third-order valence-electron chi connectivity index (χ3n) is 2.33. The van der Waals surface area contributed by atoms with Crippen LogP contribution in [0.15, 0.2) is 24.3 Å². The van der Waals surface area contributed by atoms with Gasteiger partial charge >= 0.3 is 0 Å². The van der Waals surface area contributed by atoms with Gasteiger partial charge in [-0.1, -0.05) is 12.1 Å². The molecule has 1 heterocycles. The molecule has 0 aliphatic carbocycles. The van der Waals surface area contributed by atoms with Gasteiger partial charge in [0.15, 0.2) is 0 Å². The highest BCUT2D eigenvalue weighted by Crippen LogP contribution is 2.24. The average Bonchev–Trinajstić information content (AvgIpc) is 2.26. The maximum atomic E-state index is 12.4. The number of hydrogen-bond donors (Lipinski definition) is 0. The zero-order valence-electron chi connectivity index (χ0n) is 9.07. The second-order valence-corrected chi connectivity index (χ2v) is 3.94. The fourth-order valence-corrected chi connectivity index (χ4v) is 1.79. The van der Waals surface area contributed by atoms with E-state index in [0.717, 1.165) is 0 Å². The Morgan fingerprint density at radius 1 is 1.29 bits per heavy atom. The summed E-state index contributed by atoms with van der Waals surface area (Å²) in [5.74, 6) is 0.418. The predicted octanol–water partition coefficient (Wildman–Crippen LogP) is 2.98. The van der Waals surface area contributed by atoms with Gasteiger partial charge in [0.25, 0.3) is 6.43 Å². The molecule has 1 aromatic heterocycles. The highest BCUT2D eigenvalue weighted by molar-refractivity contribution is 6.28. The van der Waals surface area contributed by atoms with E-state index >= 15 is 0 Å². The number of aromatic nitrogens is 2. The molecule has 0 N–H and O–H groups in total. The summed E-state index contributed by atoms with van der Waals surface area (Å²) in [5.41, 5.74) is 0.642. The van der Waals surface area contributed by atoms with Gasteiger partial charge in [0.05, 0.1) is 12.1 Å². The maximum absolute atomic E-state index is 12.4. The van der Waals surface area contributed by atoms with Crippen LogP contribution in [0.4, 0.5) is 14.6 Å². The molecule has 0 saturated heterocycles. The predicted molar refractivity (Wildman–Crippen MR) is 63.8 cm³/mol. The molecule has 3 nitrogen and oxygen atoms in total. The largest absolute Gasteiger partial charge is 0.353 e. The molecule has 0 saturated carbocycles. The monoisotopic (exact) mass is 257 g/mol. The van der Waals surface area contributed by atoms with Gasteiger partial charge in [-0.2, -0.15) is 4.98 Å². The second-order valence-electron chi connectivity index (χ2n) is 3.61. The Bertz CT molecular complexity index is 533. The van der Waals surface area contributed by atoms with Crippen molar-refractivity contribution in [3.05, 3.63) is 29.5 Å². The number of fused-ring (bicyclic) bond motifs is 1. The van der Waals surface area contributed by atoms with Crippen LogP contribution in [0.3, 0.4) is 0 Å². The van der Waals surface area contributed by atoms with Crippen molar-refractivity contribution in [1.29, 1.82) is 0 Å². The van der Waals surface area contributed by atoms with Crippen molar-refractivity contribution < 1.29 is 8.78 Å². The fourth-order valence-electron chi connectivity index (χ4n) is 1.62. The second kappa shape index (κ2) is 4.79. The Hall–Kier alpha value is -1.49. The van der Waals surface area contributed by atoms with Gasteiger partial charge < -0.3 is 4.90 Å². The zero-order valence-corrected chi connectivity index (χ0v) is 9.83. The van der Waals surface area contributed by atoms with E-state index in [0.29, 0.717) is 16.7 Å². The number of rotatable bonds is 3. The summed E-state index contributed by atoms with van der Waals surface area (Å²) in [4.78, 5) is 9.41. The molecule has 0 bridgehead atoms. The minimum atomic E-state index is -2.42. The molecular formula is C11H10ClF2N3. The Morgan fingerprint density at radius 3 is 2.71 bits per heavy atom. The molecular weight excluding hydrogens is 248 g/mol. The van der Waals surface area contributed by atoms with Gasteiger partial charge in [0, 0.05) is 12.4 Å². The molecule has 0 aliphatic heterocycles. The van der Waals surface area contributed by atoms with Crippen LogP contribution in [-0.4, -0.2) is 30.0 Å². The molecule has 0 unspecified atom stereocenters. The van der Waals surface area contributed by atoms with E-state index in [4.69, 9.17) is 11.6 Å². The number of nitrogens with zero attached hydrogens (tertiary/aromatic N) is 3. The maximum Gasteiger partial charge on any atom is 0.255 e. The van der Waals surface area contributed by atoms with Crippen molar-refractivity contribution in [2.45, 2.75) is 6.43 Å². The normalized spacial score (nSPS) is 11.1. The van der Waals surface area contributed by atoms with Gasteiger partial charge in [-0.3, -0.25) is 0 Å². The highest BCUT2D eigenvalue weighted by atomic mass is 35.5. The van der Waals surface area contributed by atoms with Gasteiger partial charge in [0.2, 0.25) is 5.28 Å². The van der Waals surface area contributed by atoms with Crippen LogP contribution in [0.2, 0.25) is 5.28 Å². The van der Waals surface area contributed by atoms with Gasteiger partial charge in [-0.25, -0.2) is 13.8 Å². The summed E-state index contributed by atoms with van der Waals surface area (Å²) in [5, 5.41) is 0.764. The zero-order chi connectivity index (χ0) is 12.4. The first-order valence-electron chi connectivity index (χ1n) is 4.99. The van der Waals surface area contributed by atoms with E-state index in [9.17, 15) is 8.78 Å². The van der Waals surface area contributed by atoms with Gasteiger partial charge in [-0.15, -0.1) is 0 Å². The van der Waals surface area contributed by atoms with Crippen molar-refractivity contribution in [3.63, 3.8) is 0 Å². The molecule has 17 heavy (non-hydrogen) atoms. The van der Waals surface area contributed by atoms with E-state index < -0.39 is 13.0 Å². The molecule has 0 spiro atoms. The molecule has 0 fully saturated rings. The lowest BCUT2D eigenvalue weighted by molar-refractivity contribution is 0.156. The van der Waals surface area contributed by atoms with E-state index in [2.05, 4.69) is 9.97 Å². The van der Waals surface area contributed by atoms with Gasteiger partial charge in [0.1, 0.15) is 5.82 Å². The molecule has 1 aromatic carbocycles. The fraction of sp³-hybridized carbons (Fsp3) is 0.273. The number of para-hydroxylation sites is 1. The van der Waals surface area contributed by atoms with Gasteiger partial charge in [-0.05, 0) is 23.7 Å². The Kier molecular flexibility index (Phi) is 3.38. The summed E-state index contributed by atoms with van der Waals surface area (Å²) < 4.78 is 24.7. The first kappa shape index (κ1) is 12.0. The van der Waals surface area contributed by atoms with Crippen LogP contribution in [0.5, 0.6) is 0 Å². The molecule has 6 heteroatoms. The standard InChI is InChI=1S/C11H10ClF2N3/c1-17(6-9(13)14)10-7-4-2-3-5-8(7)15-11(12)16-10/h2-5,9H,6H2,1H3. The van der Waals surface area contributed by atoms with Crippen LogP contribution < -0.4 is 4.90 Å². The summed E-state index contributed by atoms with van der Waals surface area (Å²) in [6.45, 7) is -0.392. The average molecular weight is 258 g/mol.